The topological polar surface area (TPSA) is 86.0 Å². The molecule has 0 N–H and O–H groups in total. The lowest BCUT2D eigenvalue weighted by atomic mass is 9.92. The number of imidazole rings is 1. The van der Waals surface area contributed by atoms with Crippen LogP contribution in [0, 0.1) is 12.8 Å². The number of ketones is 1. The molecule has 0 atom stereocenters. The van der Waals surface area contributed by atoms with Crippen LogP contribution in [0.4, 0.5) is 0 Å². The number of hydrogen-bond acceptors (Lipinski definition) is 7. The Morgan fingerprint density at radius 3 is 2.45 bits per heavy atom. The van der Waals surface area contributed by atoms with Crippen LogP contribution in [0.15, 0.2) is 85.3 Å². The van der Waals surface area contributed by atoms with Crippen LogP contribution in [0.5, 0.6) is 5.75 Å². The molecule has 0 spiro atoms. The Morgan fingerprint density at radius 1 is 0.925 bits per heavy atom. The fourth-order valence-corrected chi connectivity index (χ4v) is 5.32. The van der Waals surface area contributed by atoms with Crippen LogP contribution in [0.2, 0.25) is 0 Å². The van der Waals surface area contributed by atoms with Crippen LogP contribution in [0.1, 0.15) is 35.4 Å². The van der Waals surface area contributed by atoms with Gasteiger partial charge in [0.05, 0.1) is 17.6 Å². The zero-order chi connectivity index (χ0) is 27.3. The molecule has 0 unspecified atom stereocenters. The first-order valence-electron chi connectivity index (χ1n) is 13.8. The Labute approximate surface area is 233 Å². The average molecular weight is 533 g/mol. The van der Waals surface area contributed by atoms with Crippen LogP contribution in [0.3, 0.4) is 0 Å². The maximum absolute atomic E-state index is 12.6. The van der Waals surface area contributed by atoms with Gasteiger partial charge in [0, 0.05) is 36.7 Å². The molecule has 0 bridgehead atoms. The third-order valence-electron chi connectivity index (χ3n) is 7.43. The van der Waals surface area contributed by atoms with Gasteiger partial charge in [0.2, 0.25) is 5.78 Å². The van der Waals surface area contributed by atoms with E-state index in [1.165, 1.54) is 5.56 Å². The van der Waals surface area contributed by atoms with Crippen molar-refractivity contribution in [3.63, 3.8) is 0 Å². The normalized spacial score (nSPS) is 14.4. The summed E-state index contributed by atoms with van der Waals surface area (Å²) in [6.07, 6.45) is 7.68. The van der Waals surface area contributed by atoms with Gasteiger partial charge in [-0.05, 0) is 99.4 Å². The molecule has 0 aliphatic carbocycles. The molecule has 8 heteroatoms. The second-order valence-electron chi connectivity index (χ2n) is 10.2. The number of pyridine rings is 1. The number of fused-ring (bicyclic) bond motifs is 1. The molecule has 1 aliphatic heterocycles. The maximum Gasteiger partial charge on any atom is 0.203 e. The summed E-state index contributed by atoms with van der Waals surface area (Å²) >= 11 is 0. The van der Waals surface area contributed by atoms with Gasteiger partial charge in [0.1, 0.15) is 11.4 Å². The molecule has 1 saturated heterocycles. The van der Waals surface area contributed by atoms with Gasteiger partial charge in [0.25, 0.3) is 0 Å². The number of carbonyl (C=O) groups is 1. The number of ether oxygens (including phenoxy) is 1. The van der Waals surface area contributed by atoms with E-state index in [9.17, 15) is 4.79 Å². The number of carbonyl (C=O) groups excluding carboxylic acids is 1. The van der Waals surface area contributed by atoms with E-state index in [4.69, 9.17) is 9.72 Å². The standard InChI is InChI=1S/C32H32N6O2/c1-23-7-12-29-28(22-23)36-32(27-6-2-3-15-33-27)38(29)25-8-10-26(11-9-25)40-21-5-18-37-19-13-24(14-20-37)30(39)31-34-16-4-17-35-31/h2-4,6-12,15-17,22,24H,5,13-14,18-21H2,1H3. The molecule has 2 aromatic carbocycles. The minimum absolute atomic E-state index is 0.0169. The number of Topliss-reactive ketones (excluding diaryl/α,β-unsaturated/α-hetero) is 1. The fourth-order valence-electron chi connectivity index (χ4n) is 5.32. The highest BCUT2D eigenvalue weighted by atomic mass is 16.5. The summed E-state index contributed by atoms with van der Waals surface area (Å²) in [6.45, 7) is 5.50. The minimum atomic E-state index is 0.0169. The number of piperidine rings is 1. The van der Waals surface area contributed by atoms with Gasteiger partial charge < -0.3 is 9.64 Å². The van der Waals surface area contributed by atoms with Crippen molar-refractivity contribution in [1.82, 2.24) is 29.4 Å². The molecule has 1 aliphatic rings. The van der Waals surface area contributed by atoms with Gasteiger partial charge in [-0.3, -0.25) is 14.3 Å². The highest BCUT2D eigenvalue weighted by Crippen LogP contribution is 2.29. The summed E-state index contributed by atoms with van der Waals surface area (Å²) in [5, 5.41) is 0. The second-order valence-corrected chi connectivity index (χ2v) is 10.2. The predicted molar refractivity (Wildman–Crippen MR) is 155 cm³/mol. The molecule has 8 nitrogen and oxygen atoms in total. The Kier molecular flexibility index (Phi) is 7.59. The molecule has 0 amide bonds. The molecule has 40 heavy (non-hydrogen) atoms. The highest BCUT2D eigenvalue weighted by molar-refractivity contribution is 5.94. The van der Waals surface area contributed by atoms with E-state index in [2.05, 4.69) is 61.7 Å². The van der Waals surface area contributed by atoms with E-state index in [-0.39, 0.29) is 11.7 Å². The number of rotatable bonds is 9. The summed E-state index contributed by atoms with van der Waals surface area (Å²) in [6, 6.07) is 22.1. The number of benzene rings is 2. The monoisotopic (exact) mass is 532 g/mol. The minimum Gasteiger partial charge on any atom is -0.494 e. The molecule has 0 radical (unpaired) electrons. The Bertz CT molecular complexity index is 1580. The van der Waals surface area contributed by atoms with E-state index in [0.29, 0.717) is 12.4 Å². The van der Waals surface area contributed by atoms with Crippen molar-refractivity contribution in [2.75, 3.05) is 26.2 Å². The zero-order valence-corrected chi connectivity index (χ0v) is 22.6. The average Bonchev–Trinajstić information content (AvgIpc) is 3.39. The first-order chi connectivity index (χ1) is 19.7. The zero-order valence-electron chi connectivity index (χ0n) is 22.6. The summed E-state index contributed by atoms with van der Waals surface area (Å²) in [5.41, 5.74) is 5.01. The van der Waals surface area contributed by atoms with E-state index in [1.807, 2.05) is 30.3 Å². The van der Waals surface area contributed by atoms with Crippen molar-refractivity contribution in [3.05, 3.63) is 96.7 Å². The van der Waals surface area contributed by atoms with Crippen LogP contribution in [-0.2, 0) is 0 Å². The van der Waals surface area contributed by atoms with Crippen molar-refractivity contribution in [1.29, 1.82) is 0 Å². The van der Waals surface area contributed by atoms with Crippen LogP contribution >= 0.6 is 0 Å². The largest absolute Gasteiger partial charge is 0.494 e. The van der Waals surface area contributed by atoms with Crippen molar-refractivity contribution in [2.45, 2.75) is 26.2 Å². The lowest BCUT2D eigenvalue weighted by Crippen LogP contribution is -2.37. The van der Waals surface area contributed by atoms with Crippen molar-refractivity contribution < 1.29 is 9.53 Å². The number of nitrogens with zero attached hydrogens (tertiary/aromatic N) is 6. The van der Waals surface area contributed by atoms with Gasteiger partial charge >= 0.3 is 0 Å². The Morgan fingerprint density at radius 2 is 1.70 bits per heavy atom. The smallest absolute Gasteiger partial charge is 0.203 e. The van der Waals surface area contributed by atoms with Crippen LogP contribution in [-0.4, -0.2) is 61.4 Å². The lowest BCUT2D eigenvalue weighted by Gasteiger charge is -2.30. The molecule has 3 aromatic heterocycles. The van der Waals surface area contributed by atoms with E-state index in [1.54, 1.807) is 24.7 Å². The lowest BCUT2D eigenvalue weighted by molar-refractivity contribution is 0.0824. The maximum atomic E-state index is 12.6. The third-order valence-corrected chi connectivity index (χ3v) is 7.43. The molecular weight excluding hydrogens is 500 g/mol. The Balaban J connectivity index is 1.04. The van der Waals surface area contributed by atoms with E-state index >= 15 is 0 Å². The van der Waals surface area contributed by atoms with Crippen LogP contribution < -0.4 is 4.74 Å². The quantitative estimate of drug-likeness (QED) is 0.182. The first-order valence-corrected chi connectivity index (χ1v) is 13.8. The van der Waals surface area contributed by atoms with Gasteiger partial charge in [-0.1, -0.05) is 12.1 Å². The van der Waals surface area contributed by atoms with Gasteiger partial charge in [-0.2, -0.15) is 0 Å². The molecular formula is C32H32N6O2. The SMILES string of the molecule is Cc1ccc2c(c1)nc(-c1ccccn1)n2-c1ccc(OCCCN2CCC(C(=O)c3ncccn3)CC2)cc1. The first kappa shape index (κ1) is 25.8. The molecule has 1 fully saturated rings. The number of hydrogen-bond donors (Lipinski definition) is 0. The van der Waals surface area contributed by atoms with Crippen molar-refractivity contribution >= 4 is 16.8 Å². The second kappa shape index (κ2) is 11.8. The van der Waals surface area contributed by atoms with Crippen molar-refractivity contribution in [2.24, 2.45) is 5.92 Å². The summed E-state index contributed by atoms with van der Waals surface area (Å²) in [4.78, 5) is 32.7. The highest BCUT2D eigenvalue weighted by Gasteiger charge is 2.27. The van der Waals surface area contributed by atoms with E-state index < -0.39 is 0 Å². The molecule has 0 saturated carbocycles. The summed E-state index contributed by atoms with van der Waals surface area (Å²) in [5.74, 6) is 2.08. The number of aryl methyl sites for hydroxylation is 1. The van der Waals surface area contributed by atoms with Gasteiger partial charge in [0.15, 0.2) is 11.6 Å². The number of likely N-dealkylation sites (tertiary alicyclic amines) is 1. The molecule has 202 valence electrons. The van der Waals surface area contributed by atoms with Gasteiger partial charge in [-0.15, -0.1) is 0 Å². The van der Waals surface area contributed by atoms with Crippen LogP contribution in [0.25, 0.3) is 28.2 Å². The predicted octanol–water partition coefficient (Wildman–Crippen LogP) is 5.55. The summed E-state index contributed by atoms with van der Waals surface area (Å²) < 4.78 is 8.22. The molecule has 4 heterocycles. The van der Waals surface area contributed by atoms with E-state index in [0.717, 1.165) is 72.9 Å². The number of aromatic nitrogens is 5. The Hall–Kier alpha value is -4.43. The summed E-state index contributed by atoms with van der Waals surface area (Å²) in [7, 11) is 0. The molecule has 6 rings (SSSR count). The molecule has 5 aromatic rings. The third kappa shape index (κ3) is 5.62. The fraction of sp³-hybridized carbons (Fsp3) is 0.281. The van der Waals surface area contributed by atoms with Gasteiger partial charge in [-0.25, -0.2) is 15.0 Å². The van der Waals surface area contributed by atoms with Crippen molar-refractivity contribution in [3.8, 4) is 23.0 Å².